The molecule has 0 bridgehead atoms. The molecule has 1 atom stereocenters. The van der Waals surface area contributed by atoms with Crippen molar-refractivity contribution in [1.29, 1.82) is 0 Å². The predicted molar refractivity (Wildman–Crippen MR) is 99.6 cm³/mol. The van der Waals surface area contributed by atoms with Crippen LogP contribution in [0.4, 0.5) is 5.82 Å². The highest BCUT2D eigenvalue weighted by molar-refractivity contribution is 5.78. The fourth-order valence-corrected chi connectivity index (χ4v) is 3.78. The minimum Gasteiger partial charge on any atom is -0.369 e. The molecular weight excluding hydrogens is 330 g/mol. The maximum absolute atomic E-state index is 12.3. The lowest BCUT2D eigenvalue weighted by atomic mass is 9.96. The van der Waals surface area contributed by atoms with Crippen molar-refractivity contribution in [1.82, 2.24) is 14.9 Å². The Morgan fingerprint density at radius 1 is 1.27 bits per heavy atom. The van der Waals surface area contributed by atoms with Crippen LogP contribution in [0.2, 0.25) is 0 Å². The number of anilines is 1. The summed E-state index contributed by atoms with van der Waals surface area (Å²) in [5.41, 5.74) is 7.64. The van der Waals surface area contributed by atoms with E-state index in [-0.39, 0.29) is 17.7 Å². The molecule has 0 aromatic carbocycles. The number of allylic oxidation sites excluding steroid dienone is 1. The van der Waals surface area contributed by atoms with Crippen LogP contribution in [0.25, 0.3) is 0 Å². The number of nitrogens with two attached hydrogens (primary N) is 1. The lowest BCUT2D eigenvalue weighted by Gasteiger charge is -2.33. The Kier molecular flexibility index (Phi) is 5.85. The smallest absolute Gasteiger partial charge is 0.226 e. The summed E-state index contributed by atoms with van der Waals surface area (Å²) in [6.07, 6.45) is 9.08. The van der Waals surface area contributed by atoms with Gasteiger partial charge in [0.15, 0.2) is 0 Å². The molecule has 2 aliphatic heterocycles. The maximum Gasteiger partial charge on any atom is 0.226 e. The van der Waals surface area contributed by atoms with Gasteiger partial charge < -0.3 is 15.5 Å². The molecule has 1 aromatic heterocycles. The molecule has 1 fully saturated rings. The van der Waals surface area contributed by atoms with Gasteiger partial charge in [0.25, 0.3) is 0 Å². The SMILES string of the molecule is C/C=C/CC(=O)N1CCc2ncnc(N3CCCC(C(N)=O)C3)c2CC1. The van der Waals surface area contributed by atoms with E-state index < -0.39 is 0 Å². The lowest BCUT2D eigenvalue weighted by Crippen LogP contribution is -2.42. The van der Waals surface area contributed by atoms with Gasteiger partial charge in [-0.15, -0.1) is 0 Å². The number of nitrogens with zero attached hydrogens (tertiary/aromatic N) is 4. The van der Waals surface area contributed by atoms with Crippen molar-refractivity contribution >= 4 is 17.6 Å². The number of amides is 2. The van der Waals surface area contributed by atoms with Crippen molar-refractivity contribution in [3.05, 3.63) is 29.7 Å². The molecule has 3 rings (SSSR count). The molecule has 2 N–H and O–H groups in total. The predicted octanol–water partition coefficient (Wildman–Crippen LogP) is 1.07. The topological polar surface area (TPSA) is 92.4 Å². The summed E-state index contributed by atoms with van der Waals surface area (Å²) >= 11 is 0. The summed E-state index contributed by atoms with van der Waals surface area (Å²) in [6, 6.07) is 0. The fraction of sp³-hybridized carbons (Fsp3) is 0.579. The second-order valence-electron chi connectivity index (χ2n) is 6.96. The Bertz CT molecular complexity index is 703. The minimum atomic E-state index is -0.240. The number of primary amides is 1. The summed E-state index contributed by atoms with van der Waals surface area (Å²) < 4.78 is 0. The summed E-state index contributed by atoms with van der Waals surface area (Å²) in [5.74, 6) is 0.690. The summed E-state index contributed by atoms with van der Waals surface area (Å²) in [6.45, 7) is 4.77. The first kappa shape index (κ1) is 18.4. The van der Waals surface area contributed by atoms with Crippen LogP contribution in [0.5, 0.6) is 0 Å². The Morgan fingerprint density at radius 2 is 2.08 bits per heavy atom. The average molecular weight is 357 g/mol. The number of carbonyl (C=O) groups is 2. The Hall–Kier alpha value is -2.44. The van der Waals surface area contributed by atoms with E-state index in [0.29, 0.717) is 26.1 Å². The van der Waals surface area contributed by atoms with Crippen LogP contribution in [0.15, 0.2) is 18.5 Å². The van der Waals surface area contributed by atoms with Gasteiger partial charge in [0.05, 0.1) is 11.6 Å². The first-order chi connectivity index (χ1) is 12.6. The Balaban J connectivity index is 1.77. The van der Waals surface area contributed by atoms with Crippen LogP contribution >= 0.6 is 0 Å². The highest BCUT2D eigenvalue weighted by atomic mass is 16.2. The number of carbonyl (C=O) groups excluding carboxylic acids is 2. The third-order valence-electron chi connectivity index (χ3n) is 5.27. The molecule has 140 valence electrons. The number of aromatic nitrogens is 2. The van der Waals surface area contributed by atoms with Gasteiger partial charge in [0, 0.05) is 44.6 Å². The standard InChI is InChI=1S/C19H27N5O2/c1-2-3-6-17(25)23-10-7-15-16(8-11-23)21-13-22-19(15)24-9-4-5-14(12-24)18(20)26/h2-3,13-14H,4-12H2,1H3,(H2,20,26)/b3-2+. The summed E-state index contributed by atoms with van der Waals surface area (Å²) in [4.78, 5) is 37.0. The molecule has 0 saturated carbocycles. The van der Waals surface area contributed by atoms with Crippen molar-refractivity contribution in [2.75, 3.05) is 31.1 Å². The van der Waals surface area contributed by atoms with Crippen molar-refractivity contribution in [3.63, 3.8) is 0 Å². The first-order valence-electron chi connectivity index (χ1n) is 9.36. The average Bonchev–Trinajstić information content (AvgIpc) is 2.88. The van der Waals surface area contributed by atoms with Gasteiger partial charge in [-0.2, -0.15) is 0 Å². The largest absolute Gasteiger partial charge is 0.369 e. The highest BCUT2D eigenvalue weighted by Crippen LogP contribution is 2.28. The van der Waals surface area contributed by atoms with Crippen molar-refractivity contribution in [3.8, 4) is 0 Å². The van der Waals surface area contributed by atoms with Crippen molar-refractivity contribution < 1.29 is 9.59 Å². The van der Waals surface area contributed by atoms with Crippen LogP contribution < -0.4 is 10.6 Å². The van der Waals surface area contributed by atoms with Crippen molar-refractivity contribution in [2.45, 2.75) is 39.0 Å². The molecule has 3 heterocycles. The molecule has 0 radical (unpaired) electrons. The van der Waals surface area contributed by atoms with E-state index in [0.717, 1.165) is 49.3 Å². The lowest BCUT2D eigenvalue weighted by molar-refractivity contribution is -0.130. The van der Waals surface area contributed by atoms with Crippen LogP contribution in [0, 0.1) is 5.92 Å². The Morgan fingerprint density at radius 3 is 2.85 bits per heavy atom. The zero-order valence-corrected chi connectivity index (χ0v) is 15.4. The van der Waals surface area contributed by atoms with Gasteiger partial charge in [-0.1, -0.05) is 12.2 Å². The number of hydrogen-bond donors (Lipinski definition) is 1. The molecule has 7 heteroatoms. The van der Waals surface area contributed by atoms with Crippen LogP contribution in [0.1, 0.15) is 37.4 Å². The molecule has 1 unspecified atom stereocenters. The van der Waals surface area contributed by atoms with E-state index in [1.165, 1.54) is 0 Å². The zero-order valence-electron chi connectivity index (χ0n) is 15.4. The third-order valence-corrected chi connectivity index (χ3v) is 5.27. The number of fused-ring (bicyclic) bond motifs is 1. The molecule has 2 amide bonds. The maximum atomic E-state index is 12.3. The van der Waals surface area contributed by atoms with Gasteiger partial charge in [0.2, 0.25) is 11.8 Å². The van der Waals surface area contributed by atoms with E-state index in [1.807, 2.05) is 24.0 Å². The van der Waals surface area contributed by atoms with E-state index in [4.69, 9.17) is 5.73 Å². The molecule has 2 aliphatic rings. The third kappa shape index (κ3) is 4.03. The Labute approximate surface area is 154 Å². The molecule has 1 saturated heterocycles. The van der Waals surface area contributed by atoms with Gasteiger partial charge >= 0.3 is 0 Å². The van der Waals surface area contributed by atoms with Crippen LogP contribution in [-0.2, 0) is 22.4 Å². The van der Waals surface area contributed by atoms with Crippen LogP contribution in [-0.4, -0.2) is 52.9 Å². The van der Waals surface area contributed by atoms with Gasteiger partial charge in [-0.25, -0.2) is 9.97 Å². The quantitative estimate of drug-likeness (QED) is 0.814. The molecule has 26 heavy (non-hydrogen) atoms. The highest BCUT2D eigenvalue weighted by Gasteiger charge is 2.28. The molecule has 0 aliphatic carbocycles. The molecule has 1 aromatic rings. The normalized spacial score (nSPS) is 20.7. The molecular formula is C19H27N5O2. The van der Waals surface area contributed by atoms with E-state index in [9.17, 15) is 9.59 Å². The number of hydrogen-bond acceptors (Lipinski definition) is 5. The second-order valence-corrected chi connectivity index (χ2v) is 6.96. The molecule has 0 spiro atoms. The van der Waals surface area contributed by atoms with Crippen LogP contribution in [0.3, 0.4) is 0 Å². The minimum absolute atomic E-state index is 0.126. The zero-order chi connectivity index (χ0) is 18.5. The molecule has 7 nitrogen and oxygen atoms in total. The van der Waals surface area contributed by atoms with E-state index >= 15 is 0 Å². The number of piperidine rings is 1. The second kappa shape index (κ2) is 8.29. The fourth-order valence-electron chi connectivity index (χ4n) is 3.78. The number of rotatable bonds is 4. The van der Waals surface area contributed by atoms with Gasteiger partial charge in [-0.3, -0.25) is 9.59 Å². The summed E-state index contributed by atoms with van der Waals surface area (Å²) in [5, 5.41) is 0. The van der Waals surface area contributed by atoms with Gasteiger partial charge in [-0.05, 0) is 26.2 Å². The monoisotopic (exact) mass is 357 g/mol. The van der Waals surface area contributed by atoms with Crippen molar-refractivity contribution in [2.24, 2.45) is 11.7 Å². The van der Waals surface area contributed by atoms with E-state index in [1.54, 1.807) is 6.33 Å². The van der Waals surface area contributed by atoms with E-state index in [2.05, 4.69) is 14.9 Å². The first-order valence-corrected chi connectivity index (χ1v) is 9.36. The van der Waals surface area contributed by atoms with Gasteiger partial charge in [0.1, 0.15) is 12.1 Å². The summed E-state index contributed by atoms with van der Waals surface area (Å²) in [7, 11) is 0.